The van der Waals surface area contributed by atoms with Gasteiger partial charge in [0.2, 0.25) is 0 Å². The standard InChI is InChI=1S/C18H19FN2O2/c19-17-4-2-1-3-13(17)11-16-12-14(5-8-20-16)18(22)21-15-6-9-23-10-7-15/h1-5,8,12,15H,6-7,9-11H2,(H,21,22). The number of nitrogens with zero attached hydrogens (tertiary/aromatic N) is 1. The summed E-state index contributed by atoms with van der Waals surface area (Å²) in [6, 6.07) is 10.2. The first kappa shape index (κ1) is 15.6. The maximum atomic E-state index is 13.7. The van der Waals surface area contributed by atoms with Crippen molar-refractivity contribution in [3.63, 3.8) is 0 Å². The zero-order valence-corrected chi connectivity index (χ0v) is 12.8. The molecule has 2 aromatic rings. The Morgan fingerprint density at radius 2 is 2.04 bits per heavy atom. The highest BCUT2D eigenvalue weighted by molar-refractivity contribution is 5.94. The number of hydrogen-bond acceptors (Lipinski definition) is 3. The van der Waals surface area contributed by atoms with Crippen LogP contribution in [0.4, 0.5) is 4.39 Å². The Morgan fingerprint density at radius 3 is 2.83 bits per heavy atom. The number of carbonyl (C=O) groups is 1. The number of rotatable bonds is 4. The number of halogens is 1. The fourth-order valence-corrected chi connectivity index (χ4v) is 2.66. The van der Waals surface area contributed by atoms with Crippen molar-refractivity contribution < 1.29 is 13.9 Å². The van der Waals surface area contributed by atoms with Crippen LogP contribution >= 0.6 is 0 Å². The Balaban J connectivity index is 1.69. The Hall–Kier alpha value is -2.27. The molecular weight excluding hydrogens is 295 g/mol. The highest BCUT2D eigenvalue weighted by Crippen LogP contribution is 2.13. The van der Waals surface area contributed by atoms with E-state index in [1.165, 1.54) is 6.07 Å². The van der Waals surface area contributed by atoms with Gasteiger partial charge in [-0.1, -0.05) is 18.2 Å². The van der Waals surface area contributed by atoms with E-state index >= 15 is 0 Å². The maximum Gasteiger partial charge on any atom is 0.251 e. The van der Waals surface area contributed by atoms with E-state index in [2.05, 4.69) is 10.3 Å². The van der Waals surface area contributed by atoms with Crippen LogP contribution in [0.25, 0.3) is 0 Å². The van der Waals surface area contributed by atoms with Crippen LogP contribution in [0.3, 0.4) is 0 Å². The predicted molar refractivity (Wildman–Crippen MR) is 84.8 cm³/mol. The first-order valence-electron chi connectivity index (χ1n) is 7.79. The van der Waals surface area contributed by atoms with Crippen molar-refractivity contribution in [2.45, 2.75) is 25.3 Å². The van der Waals surface area contributed by atoms with Crippen molar-refractivity contribution in [3.05, 3.63) is 65.2 Å². The Bertz CT molecular complexity index is 684. The molecule has 1 N–H and O–H groups in total. The summed E-state index contributed by atoms with van der Waals surface area (Å²) >= 11 is 0. The predicted octanol–water partition coefficient (Wildman–Crippen LogP) is 2.72. The van der Waals surface area contributed by atoms with Gasteiger partial charge in [-0.05, 0) is 36.6 Å². The van der Waals surface area contributed by atoms with Crippen LogP contribution in [0, 0.1) is 5.82 Å². The van der Waals surface area contributed by atoms with E-state index < -0.39 is 0 Å². The molecule has 0 atom stereocenters. The van der Waals surface area contributed by atoms with Crippen LogP contribution in [-0.4, -0.2) is 30.1 Å². The summed E-state index contributed by atoms with van der Waals surface area (Å²) in [7, 11) is 0. The van der Waals surface area contributed by atoms with Crippen LogP contribution in [0.5, 0.6) is 0 Å². The van der Waals surface area contributed by atoms with Crippen molar-refractivity contribution in [2.24, 2.45) is 0 Å². The van der Waals surface area contributed by atoms with Crippen LogP contribution in [0.2, 0.25) is 0 Å². The topological polar surface area (TPSA) is 51.2 Å². The lowest BCUT2D eigenvalue weighted by Gasteiger charge is -2.23. The van der Waals surface area contributed by atoms with E-state index in [1.54, 1.807) is 36.5 Å². The van der Waals surface area contributed by atoms with E-state index in [-0.39, 0.29) is 17.8 Å². The molecule has 1 aliphatic rings. The lowest BCUT2D eigenvalue weighted by molar-refractivity contribution is 0.0696. The fourth-order valence-electron chi connectivity index (χ4n) is 2.66. The van der Waals surface area contributed by atoms with Gasteiger partial charge < -0.3 is 10.1 Å². The van der Waals surface area contributed by atoms with Crippen molar-refractivity contribution in [1.82, 2.24) is 10.3 Å². The summed E-state index contributed by atoms with van der Waals surface area (Å²) < 4.78 is 19.0. The molecule has 0 spiro atoms. The summed E-state index contributed by atoms with van der Waals surface area (Å²) in [4.78, 5) is 16.6. The minimum absolute atomic E-state index is 0.117. The van der Waals surface area contributed by atoms with Gasteiger partial charge in [0.15, 0.2) is 0 Å². The lowest BCUT2D eigenvalue weighted by Crippen LogP contribution is -2.38. The second-order valence-electron chi connectivity index (χ2n) is 5.66. The second-order valence-corrected chi connectivity index (χ2v) is 5.66. The van der Waals surface area contributed by atoms with Crippen LogP contribution in [0.15, 0.2) is 42.6 Å². The number of benzene rings is 1. The monoisotopic (exact) mass is 314 g/mol. The van der Waals surface area contributed by atoms with Gasteiger partial charge in [0.25, 0.3) is 5.91 Å². The maximum absolute atomic E-state index is 13.7. The van der Waals surface area contributed by atoms with Crippen molar-refractivity contribution in [2.75, 3.05) is 13.2 Å². The zero-order valence-electron chi connectivity index (χ0n) is 12.8. The largest absolute Gasteiger partial charge is 0.381 e. The van der Waals surface area contributed by atoms with E-state index in [9.17, 15) is 9.18 Å². The molecule has 3 rings (SSSR count). The summed E-state index contributed by atoms with van der Waals surface area (Å²) in [5, 5.41) is 3.02. The van der Waals surface area contributed by atoms with Crippen LogP contribution in [-0.2, 0) is 11.2 Å². The normalized spacial score (nSPS) is 15.3. The van der Waals surface area contributed by atoms with E-state index in [0.717, 1.165) is 12.8 Å². The van der Waals surface area contributed by atoms with E-state index in [4.69, 9.17) is 4.74 Å². The van der Waals surface area contributed by atoms with Gasteiger partial charge in [0.1, 0.15) is 5.82 Å². The molecule has 0 bridgehead atoms. The number of amides is 1. The number of ether oxygens (including phenoxy) is 1. The van der Waals surface area contributed by atoms with Gasteiger partial charge in [0, 0.05) is 43.1 Å². The molecule has 0 unspecified atom stereocenters. The molecule has 4 nitrogen and oxygen atoms in total. The molecule has 0 radical (unpaired) electrons. The summed E-state index contributed by atoms with van der Waals surface area (Å²) in [6.07, 6.45) is 3.62. The summed E-state index contributed by atoms with van der Waals surface area (Å²) in [5.41, 5.74) is 1.80. The Morgan fingerprint density at radius 1 is 1.26 bits per heavy atom. The summed E-state index contributed by atoms with van der Waals surface area (Å²) in [5.74, 6) is -0.375. The molecule has 1 saturated heterocycles. The van der Waals surface area contributed by atoms with Crippen LogP contribution < -0.4 is 5.32 Å². The molecule has 1 aromatic carbocycles. The Labute approximate surface area is 134 Å². The smallest absolute Gasteiger partial charge is 0.251 e. The van der Waals surface area contributed by atoms with Gasteiger partial charge in [0.05, 0.1) is 0 Å². The molecule has 1 aliphatic heterocycles. The molecule has 23 heavy (non-hydrogen) atoms. The average Bonchev–Trinajstić information content (AvgIpc) is 2.58. The third kappa shape index (κ3) is 4.13. The third-order valence-corrected chi connectivity index (χ3v) is 3.96. The minimum Gasteiger partial charge on any atom is -0.381 e. The first-order chi connectivity index (χ1) is 11.2. The molecule has 2 heterocycles. The van der Waals surface area contributed by atoms with Crippen molar-refractivity contribution in [3.8, 4) is 0 Å². The number of aromatic nitrogens is 1. The Kier molecular flexibility index (Phi) is 4.98. The fraction of sp³-hybridized carbons (Fsp3) is 0.333. The molecule has 1 aromatic heterocycles. The molecule has 120 valence electrons. The summed E-state index contributed by atoms with van der Waals surface area (Å²) in [6.45, 7) is 1.36. The number of hydrogen-bond donors (Lipinski definition) is 1. The molecule has 5 heteroatoms. The SMILES string of the molecule is O=C(NC1CCOCC1)c1ccnc(Cc2ccccc2F)c1. The second kappa shape index (κ2) is 7.33. The van der Waals surface area contributed by atoms with E-state index in [1.807, 2.05) is 0 Å². The average molecular weight is 314 g/mol. The minimum atomic E-state index is -0.258. The molecule has 1 amide bonds. The van der Waals surface area contributed by atoms with Crippen molar-refractivity contribution >= 4 is 5.91 Å². The van der Waals surface area contributed by atoms with Gasteiger partial charge >= 0.3 is 0 Å². The number of nitrogens with one attached hydrogen (secondary N) is 1. The van der Waals surface area contributed by atoms with Gasteiger partial charge in [-0.15, -0.1) is 0 Å². The van der Waals surface area contributed by atoms with Crippen LogP contribution in [0.1, 0.15) is 34.5 Å². The van der Waals surface area contributed by atoms with E-state index in [0.29, 0.717) is 36.5 Å². The lowest BCUT2D eigenvalue weighted by atomic mass is 10.1. The highest BCUT2D eigenvalue weighted by Gasteiger charge is 2.17. The van der Waals surface area contributed by atoms with Crippen molar-refractivity contribution in [1.29, 1.82) is 0 Å². The van der Waals surface area contributed by atoms with Gasteiger partial charge in [-0.2, -0.15) is 0 Å². The first-order valence-corrected chi connectivity index (χ1v) is 7.79. The van der Waals surface area contributed by atoms with Gasteiger partial charge in [-0.3, -0.25) is 9.78 Å². The molecular formula is C18H19FN2O2. The number of carbonyl (C=O) groups excluding carboxylic acids is 1. The molecule has 1 fully saturated rings. The molecule has 0 saturated carbocycles. The molecule has 0 aliphatic carbocycles. The third-order valence-electron chi connectivity index (χ3n) is 3.96. The van der Waals surface area contributed by atoms with Gasteiger partial charge in [-0.25, -0.2) is 4.39 Å². The quantitative estimate of drug-likeness (QED) is 0.944. The zero-order chi connectivity index (χ0) is 16.1. The highest BCUT2D eigenvalue weighted by atomic mass is 19.1. The number of pyridine rings is 1.